The topological polar surface area (TPSA) is 85.3 Å². The van der Waals surface area contributed by atoms with Gasteiger partial charge >= 0.3 is 0 Å². The standard InChI is InChI=1S/C13H15BrN2O3S/c1-8-3-4-10(5-9(8)2)16-20(17,18)12-6-11(7-15)19-13(12)14/h3-6,16H,7,15H2,1-2H3. The van der Waals surface area contributed by atoms with Gasteiger partial charge in [-0.2, -0.15) is 0 Å². The summed E-state index contributed by atoms with van der Waals surface area (Å²) in [6.45, 7) is 4.03. The summed E-state index contributed by atoms with van der Waals surface area (Å²) in [4.78, 5) is 0.0381. The van der Waals surface area contributed by atoms with E-state index in [0.29, 0.717) is 11.4 Å². The smallest absolute Gasteiger partial charge is 0.266 e. The molecule has 0 spiro atoms. The molecule has 0 saturated carbocycles. The molecular formula is C13H15BrN2O3S. The Bertz CT molecular complexity index is 738. The number of furan rings is 1. The normalized spacial score (nSPS) is 11.6. The van der Waals surface area contributed by atoms with Crippen molar-refractivity contribution in [3.05, 3.63) is 45.8 Å². The molecule has 0 amide bonds. The molecule has 108 valence electrons. The van der Waals surface area contributed by atoms with Gasteiger partial charge in [0.2, 0.25) is 0 Å². The lowest BCUT2D eigenvalue weighted by Crippen LogP contribution is -2.12. The van der Waals surface area contributed by atoms with E-state index in [0.717, 1.165) is 11.1 Å². The summed E-state index contributed by atoms with van der Waals surface area (Å²) < 4.78 is 32.5. The van der Waals surface area contributed by atoms with Crippen LogP contribution >= 0.6 is 15.9 Å². The average molecular weight is 359 g/mol. The first kappa shape index (κ1) is 15.1. The zero-order valence-electron chi connectivity index (χ0n) is 11.1. The van der Waals surface area contributed by atoms with Crippen LogP contribution in [0.15, 0.2) is 38.2 Å². The van der Waals surface area contributed by atoms with Crippen LogP contribution in [0.1, 0.15) is 16.9 Å². The van der Waals surface area contributed by atoms with Gasteiger partial charge in [-0.1, -0.05) is 6.07 Å². The van der Waals surface area contributed by atoms with Crippen LogP contribution in [0.2, 0.25) is 0 Å². The van der Waals surface area contributed by atoms with Crippen LogP contribution in [0.5, 0.6) is 0 Å². The number of halogens is 1. The second-order valence-corrected chi connectivity index (χ2v) is 6.83. The SMILES string of the molecule is Cc1ccc(NS(=O)(=O)c2cc(CN)oc2Br)cc1C. The summed E-state index contributed by atoms with van der Waals surface area (Å²) in [5.74, 6) is 0.400. The van der Waals surface area contributed by atoms with E-state index in [2.05, 4.69) is 20.7 Å². The zero-order valence-corrected chi connectivity index (χ0v) is 13.5. The van der Waals surface area contributed by atoms with Crippen molar-refractivity contribution < 1.29 is 12.8 Å². The van der Waals surface area contributed by atoms with E-state index in [1.165, 1.54) is 6.07 Å². The van der Waals surface area contributed by atoms with Crippen LogP contribution in [0, 0.1) is 13.8 Å². The third-order valence-corrected chi connectivity index (χ3v) is 5.19. The van der Waals surface area contributed by atoms with Gasteiger partial charge in [-0.15, -0.1) is 0 Å². The van der Waals surface area contributed by atoms with E-state index in [-0.39, 0.29) is 16.1 Å². The highest BCUT2D eigenvalue weighted by atomic mass is 79.9. The van der Waals surface area contributed by atoms with Crippen LogP contribution in [-0.4, -0.2) is 8.42 Å². The summed E-state index contributed by atoms with van der Waals surface area (Å²) in [5.41, 5.74) is 8.06. The number of benzene rings is 1. The van der Waals surface area contributed by atoms with Crippen LogP contribution in [0.3, 0.4) is 0 Å². The summed E-state index contributed by atoms with van der Waals surface area (Å²) in [5, 5.41) is 0. The van der Waals surface area contributed by atoms with Crippen molar-refractivity contribution in [2.45, 2.75) is 25.3 Å². The molecule has 1 heterocycles. The molecule has 0 aliphatic rings. The molecule has 0 fully saturated rings. The molecule has 1 aromatic heterocycles. The first-order valence-electron chi connectivity index (χ1n) is 5.92. The molecule has 0 unspecified atom stereocenters. The number of aryl methyl sites for hydroxylation is 2. The van der Waals surface area contributed by atoms with Crippen LogP contribution in [0.25, 0.3) is 0 Å². The zero-order chi connectivity index (χ0) is 14.9. The Morgan fingerprint density at radius 3 is 2.50 bits per heavy atom. The van der Waals surface area contributed by atoms with Crippen LogP contribution < -0.4 is 10.5 Å². The quantitative estimate of drug-likeness (QED) is 0.879. The molecule has 0 aliphatic carbocycles. The average Bonchev–Trinajstić information content (AvgIpc) is 2.76. The second-order valence-electron chi connectivity index (χ2n) is 4.46. The van der Waals surface area contributed by atoms with Crippen molar-refractivity contribution in [2.75, 3.05) is 4.72 Å². The molecule has 0 bridgehead atoms. The summed E-state index contributed by atoms with van der Waals surface area (Å²) >= 11 is 3.09. The highest BCUT2D eigenvalue weighted by Crippen LogP contribution is 2.28. The van der Waals surface area contributed by atoms with E-state index < -0.39 is 10.0 Å². The Kier molecular flexibility index (Phi) is 4.22. The second kappa shape index (κ2) is 5.59. The van der Waals surface area contributed by atoms with Crippen molar-refractivity contribution in [3.8, 4) is 0 Å². The van der Waals surface area contributed by atoms with Crippen LogP contribution in [0.4, 0.5) is 5.69 Å². The van der Waals surface area contributed by atoms with Crippen molar-refractivity contribution >= 4 is 31.6 Å². The van der Waals surface area contributed by atoms with Crippen LogP contribution in [-0.2, 0) is 16.6 Å². The van der Waals surface area contributed by atoms with Crippen molar-refractivity contribution in [1.29, 1.82) is 0 Å². The molecule has 3 N–H and O–H groups in total. The minimum absolute atomic E-state index is 0.0381. The maximum absolute atomic E-state index is 12.3. The molecular weight excluding hydrogens is 344 g/mol. The fourth-order valence-electron chi connectivity index (χ4n) is 1.70. The Morgan fingerprint density at radius 2 is 1.95 bits per heavy atom. The predicted octanol–water partition coefficient (Wildman–Crippen LogP) is 2.92. The Morgan fingerprint density at radius 1 is 1.25 bits per heavy atom. The first-order valence-corrected chi connectivity index (χ1v) is 8.19. The Hall–Kier alpha value is -1.31. The Balaban J connectivity index is 2.35. The van der Waals surface area contributed by atoms with Crippen molar-refractivity contribution in [3.63, 3.8) is 0 Å². The number of hydrogen-bond acceptors (Lipinski definition) is 4. The lowest BCUT2D eigenvalue weighted by atomic mass is 10.1. The van der Waals surface area contributed by atoms with E-state index in [1.807, 2.05) is 19.9 Å². The molecule has 0 atom stereocenters. The number of rotatable bonds is 4. The summed E-state index contributed by atoms with van der Waals surface area (Å²) in [7, 11) is -3.71. The monoisotopic (exact) mass is 358 g/mol. The van der Waals surface area contributed by atoms with Gasteiger partial charge in [0, 0.05) is 11.8 Å². The van der Waals surface area contributed by atoms with Gasteiger partial charge < -0.3 is 10.2 Å². The largest absolute Gasteiger partial charge is 0.452 e. The molecule has 0 radical (unpaired) electrons. The lowest BCUT2D eigenvalue weighted by Gasteiger charge is -2.08. The summed E-state index contributed by atoms with van der Waals surface area (Å²) in [6, 6.07) is 6.78. The van der Waals surface area contributed by atoms with Crippen molar-refractivity contribution in [2.24, 2.45) is 5.73 Å². The Labute approximate surface area is 126 Å². The van der Waals surface area contributed by atoms with Gasteiger partial charge in [0.05, 0.1) is 6.54 Å². The number of anilines is 1. The highest BCUT2D eigenvalue weighted by Gasteiger charge is 2.22. The molecule has 2 rings (SSSR count). The van der Waals surface area contributed by atoms with Gasteiger partial charge in [0.1, 0.15) is 10.7 Å². The minimum atomic E-state index is -3.71. The minimum Gasteiger partial charge on any atom is -0.452 e. The molecule has 0 saturated heterocycles. The number of nitrogens with two attached hydrogens (primary N) is 1. The van der Waals surface area contributed by atoms with E-state index in [9.17, 15) is 8.42 Å². The third kappa shape index (κ3) is 3.05. The molecule has 20 heavy (non-hydrogen) atoms. The number of hydrogen-bond donors (Lipinski definition) is 2. The van der Waals surface area contributed by atoms with Gasteiger partial charge in [-0.05, 0) is 53.0 Å². The van der Waals surface area contributed by atoms with E-state index in [1.54, 1.807) is 12.1 Å². The molecule has 0 aliphatic heterocycles. The highest BCUT2D eigenvalue weighted by molar-refractivity contribution is 9.10. The molecule has 5 nitrogen and oxygen atoms in total. The fourth-order valence-corrected chi connectivity index (χ4v) is 3.75. The lowest BCUT2D eigenvalue weighted by molar-refractivity contribution is 0.484. The summed E-state index contributed by atoms with van der Waals surface area (Å²) in [6.07, 6.45) is 0. The third-order valence-electron chi connectivity index (χ3n) is 2.96. The molecule has 1 aromatic carbocycles. The number of nitrogens with one attached hydrogen (secondary N) is 1. The number of sulfonamides is 1. The maximum atomic E-state index is 12.3. The first-order chi connectivity index (χ1) is 9.33. The molecule has 2 aromatic rings. The van der Waals surface area contributed by atoms with Gasteiger partial charge in [-0.25, -0.2) is 8.42 Å². The van der Waals surface area contributed by atoms with Gasteiger partial charge in [0.15, 0.2) is 4.67 Å². The van der Waals surface area contributed by atoms with E-state index in [4.69, 9.17) is 10.2 Å². The van der Waals surface area contributed by atoms with E-state index >= 15 is 0 Å². The van der Waals surface area contributed by atoms with Crippen molar-refractivity contribution in [1.82, 2.24) is 0 Å². The predicted molar refractivity (Wildman–Crippen MR) is 81.0 cm³/mol. The van der Waals surface area contributed by atoms with Gasteiger partial charge in [-0.3, -0.25) is 4.72 Å². The van der Waals surface area contributed by atoms with Gasteiger partial charge in [0.25, 0.3) is 10.0 Å². The fraction of sp³-hybridized carbons (Fsp3) is 0.231. The maximum Gasteiger partial charge on any atom is 0.266 e. The molecule has 7 heteroatoms.